The maximum atomic E-state index is 13.5. The highest BCUT2D eigenvalue weighted by Crippen LogP contribution is 2.40. The number of hydrogen-bond donors (Lipinski definition) is 2. The van der Waals surface area contributed by atoms with Gasteiger partial charge in [-0.05, 0) is 24.3 Å². The van der Waals surface area contributed by atoms with Crippen molar-refractivity contribution in [2.75, 3.05) is 12.4 Å². The lowest BCUT2D eigenvalue weighted by Gasteiger charge is -2.13. The van der Waals surface area contributed by atoms with E-state index in [2.05, 4.69) is 17.1 Å². The number of nitrogens with zero attached hydrogens (tertiary/aromatic N) is 2. The number of unbranched alkanes of at least 4 members (excludes halogenated alkanes) is 5. The third kappa shape index (κ3) is 6.72. The van der Waals surface area contributed by atoms with E-state index < -0.39 is 17.8 Å². The Bertz CT molecular complexity index is 737. The SMILES string of the molecule is CCCCCCCCSc1ccc(-c2nnc(C(N)CO)s2)cc1C(F)(F)F. The second-order valence-electron chi connectivity index (χ2n) is 6.56. The lowest BCUT2D eigenvalue weighted by Crippen LogP contribution is -2.13. The molecule has 4 nitrogen and oxygen atoms in total. The Morgan fingerprint density at radius 1 is 1.14 bits per heavy atom. The molecule has 28 heavy (non-hydrogen) atoms. The van der Waals surface area contributed by atoms with Crippen molar-refractivity contribution in [3.63, 3.8) is 0 Å². The maximum Gasteiger partial charge on any atom is 0.417 e. The molecule has 1 aromatic heterocycles. The van der Waals surface area contributed by atoms with E-state index in [9.17, 15) is 13.2 Å². The third-order valence-electron chi connectivity index (χ3n) is 4.24. The number of halogens is 3. The molecule has 3 N–H and O–H groups in total. The zero-order chi connectivity index (χ0) is 20.6. The molecule has 0 radical (unpaired) electrons. The normalized spacial score (nSPS) is 13.1. The van der Waals surface area contributed by atoms with Gasteiger partial charge in [0.05, 0.1) is 18.2 Å². The number of aliphatic hydroxyl groups excluding tert-OH is 1. The maximum absolute atomic E-state index is 13.5. The Morgan fingerprint density at radius 3 is 2.54 bits per heavy atom. The van der Waals surface area contributed by atoms with Crippen molar-refractivity contribution in [1.29, 1.82) is 0 Å². The van der Waals surface area contributed by atoms with Gasteiger partial charge in [0, 0.05) is 10.5 Å². The molecule has 156 valence electrons. The molecule has 0 fully saturated rings. The summed E-state index contributed by atoms with van der Waals surface area (Å²) in [5.41, 5.74) is 5.39. The Morgan fingerprint density at radius 2 is 1.86 bits per heavy atom. The highest BCUT2D eigenvalue weighted by atomic mass is 32.2. The van der Waals surface area contributed by atoms with Crippen LogP contribution in [0.25, 0.3) is 10.6 Å². The Balaban J connectivity index is 2.08. The Hall–Kier alpha value is -1.16. The van der Waals surface area contributed by atoms with Gasteiger partial charge in [0.15, 0.2) is 0 Å². The number of thioether (sulfide) groups is 1. The van der Waals surface area contributed by atoms with Crippen LogP contribution in [0.15, 0.2) is 23.1 Å². The summed E-state index contributed by atoms with van der Waals surface area (Å²) in [7, 11) is 0. The first-order valence-electron chi connectivity index (χ1n) is 9.41. The molecule has 0 aliphatic rings. The van der Waals surface area contributed by atoms with Gasteiger partial charge in [-0.15, -0.1) is 22.0 Å². The minimum atomic E-state index is -4.44. The van der Waals surface area contributed by atoms with Crippen LogP contribution in [0.1, 0.15) is 62.1 Å². The smallest absolute Gasteiger partial charge is 0.394 e. The quantitative estimate of drug-likeness (QED) is 0.353. The highest BCUT2D eigenvalue weighted by Gasteiger charge is 2.34. The predicted octanol–water partition coefficient (Wildman–Crippen LogP) is 5.67. The lowest BCUT2D eigenvalue weighted by molar-refractivity contribution is -0.139. The van der Waals surface area contributed by atoms with Gasteiger partial charge < -0.3 is 10.8 Å². The minimum Gasteiger partial charge on any atom is -0.394 e. The van der Waals surface area contributed by atoms with Crippen LogP contribution in [0.2, 0.25) is 0 Å². The molecule has 0 spiro atoms. The van der Waals surface area contributed by atoms with Crippen LogP contribution >= 0.6 is 23.1 Å². The molecule has 0 bridgehead atoms. The van der Waals surface area contributed by atoms with E-state index in [-0.39, 0.29) is 11.5 Å². The summed E-state index contributed by atoms with van der Waals surface area (Å²) in [6.07, 6.45) is 2.23. The molecule has 2 rings (SSSR count). The van der Waals surface area contributed by atoms with Gasteiger partial charge in [-0.25, -0.2) is 0 Å². The van der Waals surface area contributed by atoms with Crippen LogP contribution in [-0.2, 0) is 6.18 Å². The molecule has 0 amide bonds. The van der Waals surface area contributed by atoms with E-state index in [1.54, 1.807) is 6.07 Å². The molecule has 0 saturated heterocycles. The van der Waals surface area contributed by atoms with Gasteiger partial charge in [-0.2, -0.15) is 13.2 Å². The number of aromatic nitrogens is 2. The molecule has 9 heteroatoms. The molecule has 0 saturated carbocycles. The van der Waals surface area contributed by atoms with Crippen LogP contribution in [0, 0.1) is 0 Å². The van der Waals surface area contributed by atoms with Crippen molar-refractivity contribution in [2.45, 2.75) is 62.6 Å². The van der Waals surface area contributed by atoms with Crippen molar-refractivity contribution >= 4 is 23.1 Å². The van der Waals surface area contributed by atoms with Crippen molar-refractivity contribution in [1.82, 2.24) is 10.2 Å². The summed E-state index contributed by atoms with van der Waals surface area (Å²) >= 11 is 2.34. The third-order valence-corrected chi connectivity index (χ3v) is 6.51. The number of aliphatic hydroxyl groups is 1. The molecule has 0 aliphatic carbocycles. The summed E-state index contributed by atoms with van der Waals surface area (Å²) in [5, 5.41) is 17.6. The number of benzene rings is 1. The van der Waals surface area contributed by atoms with Gasteiger partial charge in [-0.1, -0.05) is 56.4 Å². The second-order valence-corrected chi connectivity index (χ2v) is 8.71. The van der Waals surface area contributed by atoms with Crippen molar-refractivity contribution in [3.05, 3.63) is 28.8 Å². The first-order valence-corrected chi connectivity index (χ1v) is 11.2. The fourth-order valence-corrected chi connectivity index (χ4v) is 4.55. The Labute approximate surface area is 171 Å². The van der Waals surface area contributed by atoms with E-state index in [1.807, 2.05) is 0 Å². The van der Waals surface area contributed by atoms with Crippen molar-refractivity contribution < 1.29 is 18.3 Å². The zero-order valence-electron chi connectivity index (χ0n) is 15.8. The van der Waals surface area contributed by atoms with E-state index >= 15 is 0 Å². The molecular weight excluding hydrogens is 407 g/mol. The number of alkyl halides is 3. The molecule has 1 atom stereocenters. The van der Waals surface area contributed by atoms with Gasteiger partial charge in [0.2, 0.25) is 0 Å². The monoisotopic (exact) mass is 433 g/mol. The van der Waals surface area contributed by atoms with Crippen LogP contribution in [-0.4, -0.2) is 27.7 Å². The van der Waals surface area contributed by atoms with Gasteiger partial charge in [0.25, 0.3) is 0 Å². The first-order chi connectivity index (χ1) is 13.4. The fourth-order valence-electron chi connectivity index (χ4n) is 2.65. The average molecular weight is 434 g/mol. The molecule has 1 heterocycles. The first kappa shape index (κ1) is 23.1. The van der Waals surface area contributed by atoms with E-state index in [4.69, 9.17) is 10.8 Å². The zero-order valence-corrected chi connectivity index (χ0v) is 17.5. The Kier molecular flexibility index (Phi) is 9.20. The summed E-state index contributed by atoms with van der Waals surface area (Å²) in [6.45, 7) is 1.86. The average Bonchev–Trinajstić information content (AvgIpc) is 3.16. The summed E-state index contributed by atoms with van der Waals surface area (Å²) in [4.78, 5) is 0.238. The fraction of sp³-hybridized carbons (Fsp3) is 0.579. The minimum absolute atomic E-state index is 0.238. The molecule has 1 unspecified atom stereocenters. The van der Waals surface area contributed by atoms with Crippen LogP contribution in [0.3, 0.4) is 0 Å². The predicted molar refractivity (Wildman–Crippen MR) is 108 cm³/mol. The van der Waals surface area contributed by atoms with E-state index in [0.29, 0.717) is 21.3 Å². The molecule has 1 aromatic carbocycles. The van der Waals surface area contributed by atoms with E-state index in [0.717, 1.165) is 36.7 Å². The molecule has 2 aromatic rings. The van der Waals surface area contributed by atoms with E-state index in [1.165, 1.54) is 37.1 Å². The van der Waals surface area contributed by atoms with Gasteiger partial charge in [0.1, 0.15) is 10.0 Å². The number of nitrogens with two attached hydrogens (primary N) is 1. The summed E-state index contributed by atoms with van der Waals surface area (Å²) in [5.74, 6) is 0.670. The highest BCUT2D eigenvalue weighted by molar-refractivity contribution is 7.99. The lowest BCUT2D eigenvalue weighted by atomic mass is 10.1. The van der Waals surface area contributed by atoms with Crippen molar-refractivity contribution in [3.8, 4) is 10.6 Å². The van der Waals surface area contributed by atoms with Gasteiger partial charge in [-0.3, -0.25) is 0 Å². The van der Waals surface area contributed by atoms with Crippen molar-refractivity contribution in [2.24, 2.45) is 5.73 Å². The number of rotatable bonds is 11. The second kappa shape index (κ2) is 11.1. The van der Waals surface area contributed by atoms with Gasteiger partial charge >= 0.3 is 6.18 Å². The summed E-state index contributed by atoms with van der Waals surface area (Å²) < 4.78 is 40.6. The standard InChI is InChI=1S/C19H26F3N3OS2/c1-2-3-4-5-6-7-10-27-16-9-8-13(11-14(16)19(20,21)22)17-24-25-18(28-17)15(23)12-26/h8-9,11,15,26H,2-7,10,12,23H2,1H3. The molecular formula is C19H26F3N3OS2. The topological polar surface area (TPSA) is 72.0 Å². The van der Waals surface area contributed by atoms with Crippen LogP contribution < -0.4 is 5.73 Å². The number of hydrogen-bond acceptors (Lipinski definition) is 6. The summed E-state index contributed by atoms with van der Waals surface area (Å²) in [6, 6.07) is 3.58. The van der Waals surface area contributed by atoms with Crippen LogP contribution in [0.5, 0.6) is 0 Å². The van der Waals surface area contributed by atoms with Crippen LogP contribution in [0.4, 0.5) is 13.2 Å². The molecule has 0 aliphatic heterocycles. The largest absolute Gasteiger partial charge is 0.417 e.